The molecule has 1 atom stereocenters. The smallest absolute Gasteiger partial charge is 0.146 e. The first-order valence-corrected chi connectivity index (χ1v) is 6.86. The van der Waals surface area contributed by atoms with Gasteiger partial charge in [0.25, 0.3) is 0 Å². The minimum Gasteiger partial charge on any atom is -0.371 e. The Labute approximate surface area is 100 Å². The Balaban J connectivity index is 1.77. The highest BCUT2D eigenvalue weighted by Gasteiger charge is 2.21. The molecule has 1 aromatic heterocycles. The summed E-state index contributed by atoms with van der Waals surface area (Å²) in [6.45, 7) is 5.12. The van der Waals surface area contributed by atoms with Crippen LogP contribution < -0.4 is 5.32 Å². The largest absolute Gasteiger partial charge is 0.371 e. The first-order chi connectivity index (χ1) is 7.90. The summed E-state index contributed by atoms with van der Waals surface area (Å²) in [6.07, 6.45) is 4.62. The molecule has 0 aliphatic carbocycles. The summed E-state index contributed by atoms with van der Waals surface area (Å²) in [5.41, 5.74) is 0. The van der Waals surface area contributed by atoms with E-state index in [2.05, 4.69) is 22.4 Å². The first kappa shape index (κ1) is 12.0. The minimum absolute atomic E-state index is 0.217. The molecule has 0 spiro atoms. The van der Waals surface area contributed by atoms with E-state index in [1.807, 2.05) is 0 Å². The fourth-order valence-electron chi connectivity index (χ4n) is 1.77. The number of nitrogens with one attached hydrogen (secondary N) is 1. The van der Waals surface area contributed by atoms with Gasteiger partial charge in [0.15, 0.2) is 0 Å². The minimum atomic E-state index is 0.217. The van der Waals surface area contributed by atoms with Gasteiger partial charge in [-0.15, -0.1) is 10.2 Å². The zero-order valence-corrected chi connectivity index (χ0v) is 10.6. The van der Waals surface area contributed by atoms with Crippen LogP contribution in [0.2, 0.25) is 0 Å². The predicted octanol–water partition coefficient (Wildman–Crippen LogP) is 1.93. The first-order valence-electron chi connectivity index (χ1n) is 6.04. The van der Waals surface area contributed by atoms with Gasteiger partial charge in [-0.2, -0.15) is 0 Å². The van der Waals surface area contributed by atoms with Crippen LogP contribution in [-0.4, -0.2) is 29.9 Å². The van der Waals surface area contributed by atoms with Crippen molar-refractivity contribution in [3.8, 4) is 0 Å². The number of hydrogen-bond donors (Lipinski definition) is 1. The van der Waals surface area contributed by atoms with Crippen molar-refractivity contribution in [3.63, 3.8) is 0 Å². The van der Waals surface area contributed by atoms with Crippen molar-refractivity contribution in [3.05, 3.63) is 10.0 Å². The SMILES string of the molecule is CCCNCCc1nnc(C2CCCO2)s1. The van der Waals surface area contributed by atoms with E-state index in [-0.39, 0.29) is 6.10 Å². The second-order valence-corrected chi connectivity index (χ2v) is 5.13. The monoisotopic (exact) mass is 241 g/mol. The lowest BCUT2D eigenvalue weighted by atomic mass is 10.2. The molecule has 16 heavy (non-hydrogen) atoms. The van der Waals surface area contributed by atoms with Crippen LogP contribution >= 0.6 is 11.3 Å². The van der Waals surface area contributed by atoms with E-state index in [0.29, 0.717) is 0 Å². The van der Waals surface area contributed by atoms with Gasteiger partial charge in [-0.3, -0.25) is 0 Å². The van der Waals surface area contributed by atoms with Crippen LogP contribution in [0.25, 0.3) is 0 Å². The average Bonchev–Trinajstić information content (AvgIpc) is 2.94. The van der Waals surface area contributed by atoms with Crippen LogP contribution in [0.5, 0.6) is 0 Å². The van der Waals surface area contributed by atoms with E-state index in [1.165, 1.54) is 6.42 Å². The molecule has 1 aliphatic rings. The van der Waals surface area contributed by atoms with Crippen molar-refractivity contribution in [2.75, 3.05) is 19.7 Å². The van der Waals surface area contributed by atoms with Gasteiger partial charge in [0.05, 0.1) is 0 Å². The fraction of sp³-hybridized carbons (Fsp3) is 0.818. The molecular weight excluding hydrogens is 222 g/mol. The fourth-order valence-corrected chi connectivity index (χ4v) is 2.69. The molecule has 1 fully saturated rings. The van der Waals surface area contributed by atoms with Crippen LogP contribution in [-0.2, 0) is 11.2 Å². The maximum atomic E-state index is 5.59. The molecule has 0 bridgehead atoms. The molecule has 1 aromatic rings. The van der Waals surface area contributed by atoms with Gasteiger partial charge in [0.1, 0.15) is 16.1 Å². The lowest BCUT2D eigenvalue weighted by Gasteiger charge is -2.02. The molecule has 5 heteroatoms. The predicted molar refractivity (Wildman–Crippen MR) is 64.7 cm³/mol. The van der Waals surface area contributed by atoms with Crippen molar-refractivity contribution < 1.29 is 4.74 Å². The van der Waals surface area contributed by atoms with Gasteiger partial charge in [-0.05, 0) is 25.8 Å². The second kappa shape index (κ2) is 6.27. The van der Waals surface area contributed by atoms with Crippen molar-refractivity contribution in [1.29, 1.82) is 0 Å². The van der Waals surface area contributed by atoms with Crippen molar-refractivity contribution in [2.45, 2.75) is 38.7 Å². The molecule has 0 saturated carbocycles. The van der Waals surface area contributed by atoms with Crippen molar-refractivity contribution >= 4 is 11.3 Å². The maximum Gasteiger partial charge on any atom is 0.146 e. The Bertz CT molecular complexity index is 310. The van der Waals surface area contributed by atoms with Crippen molar-refractivity contribution in [1.82, 2.24) is 15.5 Å². The number of aromatic nitrogens is 2. The molecule has 1 saturated heterocycles. The highest BCUT2D eigenvalue weighted by molar-refractivity contribution is 7.11. The van der Waals surface area contributed by atoms with Gasteiger partial charge >= 0.3 is 0 Å². The van der Waals surface area contributed by atoms with Gasteiger partial charge < -0.3 is 10.1 Å². The Morgan fingerprint density at radius 1 is 1.44 bits per heavy atom. The number of rotatable bonds is 6. The maximum absolute atomic E-state index is 5.59. The lowest BCUT2D eigenvalue weighted by Crippen LogP contribution is -2.17. The number of hydrogen-bond acceptors (Lipinski definition) is 5. The van der Waals surface area contributed by atoms with Gasteiger partial charge in [-0.1, -0.05) is 18.3 Å². The summed E-state index contributed by atoms with van der Waals surface area (Å²) in [6, 6.07) is 0. The third-order valence-corrected chi connectivity index (χ3v) is 3.71. The molecule has 1 aliphatic heterocycles. The summed E-state index contributed by atoms with van der Waals surface area (Å²) in [5, 5.41) is 14.0. The molecule has 90 valence electrons. The highest BCUT2D eigenvalue weighted by atomic mass is 32.1. The van der Waals surface area contributed by atoms with E-state index in [1.54, 1.807) is 11.3 Å². The summed E-state index contributed by atoms with van der Waals surface area (Å²) in [4.78, 5) is 0. The van der Waals surface area contributed by atoms with Gasteiger partial charge in [0.2, 0.25) is 0 Å². The summed E-state index contributed by atoms with van der Waals surface area (Å²) in [5.74, 6) is 0. The molecule has 4 nitrogen and oxygen atoms in total. The Morgan fingerprint density at radius 2 is 2.38 bits per heavy atom. The van der Waals surface area contributed by atoms with Crippen LogP contribution in [0.15, 0.2) is 0 Å². The van der Waals surface area contributed by atoms with E-state index in [9.17, 15) is 0 Å². The van der Waals surface area contributed by atoms with E-state index in [4.69, 9.17) is 4.74 Å². The standard InChI is InChI=1S/C11H19N3OS/c1-2-6-12-7-5-10-13-14-11(16-10)9-4-3-8-15-9/h9,12H,2-8H2,1H3. The molecule has 2 heterocycles. The Kier molecular flexibility index (Phi) is 4.69. The molecule has 0 radical (unpaired) electrons. The van der Waals surface area contributed by atoms with Crippen LogP contribution in [0.4, 0.5) is 0 Å². The van der Waals surface area contributed by atoms with Crippen molar-refractivity contribution in [2.24, 2.45) is 0 Å². The summed E-state index contributed by atoms with van der Waals surface area (Å²) >= 11 is 1.70. The third kappa shape index (κ3) is 3.23. The van der Waals surface area contributed by atoms with E-state index < -0.39 is 0 Å². The summed E-state index contributed by atoms with van der Waals surface area (Å²) < 4.78 is 5.59. The van der Waals surface area contributed by atoms with Crippen LogP contribution in [0, 0.1) is 0 Å². The molecule has 1 unspecified atom stereocenters. The van der Waals surface area contributed by atoms with Crippen LogP contribution in [0.3, 0.4) is 0 Å². The zero-order chi connectivity index (χ0) is 11.2. The van der Waals surface area contributed by atoms with E-state index >= 15 is 0 Å². The third-order valence-electron chi connectivity index (χ3n) is 2.63. The molecule has 0 amide bonds. The quantitative estimate of drug-likeness (QED) is 0.773. The normalized spacial score (nSPS) is 20.4. The number of ether oxygens (including phenoxy) is 1. The molecule has 1 N–H and O–H groups in total. The van der Waals surface area contributed by atoms with Crippen LogP contribution in [0.1, 0.15) is 42.3 Å². The summed E-state index contributed by atoms with van der Waals surface area (Å²) in [7, 11) is 0. The van der Waals surface area contributed by atoms with E-state index in [0.717, 1.165) is 49.0 Å². The zero-order valence-electron chi connectivity index (χ0n) is 9.74. The number of nitrogens with zero attached hydrogens (tertiary/aromatic N) is 2. The topological polar surface area (TPSA) is 47.0 Å². The molecule has 2 rings (SSSR count). The Hall–Kier alpha value is -0.520. The molecule has 0 aromatic carbocycles. The highest BCUT2D eigenvalue weighted by Crippen LogP contribution is 2.30. The van der Waals surface area contributed by atoms with Gasteiger partial charge in [0, 0.05) is 19.6 Å². The lowest BCUT2D eigenvalue weighted by molar-refractivity contribution is 0.111. The average molecular weight is 241 g/mol. The second-order valence-electron chi connectivity index (χ2n) is 4.04. The van der Waals surface area contributed by atoms with Gasteiger partial charge in [-0.25, -0.2) is 0 Å². The molecular formula is C11H19N3OS. The Morgan fingerprint density at radius 3 is 3.12 bits per heavy atom.